The van der Waals surface area contributed by atoms with Crippen LogP contribution in [0.25, 0.3) is 10.9 Å². The van der Waals surface area contributed by atoms with Gasteiger partial charge in [-0.25, -0.2) is 0 Å². The predicted molar refractivity (Wildman–Crippen MR) is 225 cm³/mol. The van der Waals surface area contributed by atoms with E-state index in [1.807, 2.05) is 0 Å². The van der Waals surface area contributed by atoms with E-state index in [0.29, 0.717) is 27.9 Å². The number of Topliss-reactive ketones (excluding diaryl/α,β-unsaturated/α-hetero) is 1. The van der Waals surface area contributed by atoms with Crippen molar-refractivity contribution in [2.75, 3.05) is 32.0 Å². The van der Waals surface area contributed by atoms with E-state index >= 15 is 0 Å². The molecular weight excluding hydrogens is 845 g/mol. The number of hydrogen-bond donors (Lipinski definition) is 12. The normalized spacial score (nSPS) is 27.7. The van der Waals surface area contributed by atoms with Crippen molar-refractivity contribution in [1.82, 2.24) is 41.8 Å². The largest absolute Gasteiger partial charge is 0.508 e. The summed E-state index contributed by atoms with van der Waals surface area (Å²) in [7, 11) is 0. The van der Waals surface area contributed by atoms with Crippen molar-refractivity contribution in [2.24, 2.45) is 29.2 Å². The number of primary amides is 1. The number of ketones is 1. The number of nitrogens with two attached hydrogens (primary N) is 2. The summed E-state index contributed by atoms with van der Waals surface area (Å²) in [6, 6.07) is -3.68. The highest BCUT2D eigenvalue weighted by Gasteiger charge is 2.44. The smallest absolute Gasteiger partial charge is 0.246 e. The Balaban J connectivity index is 1.70. The molecule has 0 unspecified atom stereocenters. The number of aromatic amines is 1. The van der Waals surface area contributed by atoms with Gasteiger partial charge in [-0.2, -0.15) is 0 Å². The molecule has 4 heterocycles. The molecule has 8 amide bonds. The summed E-state index contributed by atoms with van der Waals surface area (Å²) < 4.78 is 0. The Bertz CT molecular complexity index is 2120. The third-order valence-electron chi connectivity index (χ3n) is 11.7. The number of phenols is 1. The highest BCUT2D eigenvalue weighted by molar-refractivity contribution is 7.99. The Morgan fingerprint density at radius 2 is 1.59 bits per heavy atom. The zero-order valence-corrected chi connectivity index (χ0v) is 35.9. The zero-order chi connectivity index (χ0) is 46.3. The maximum absolute atomic E-state index is 14.5. The van der Waals surface area contributed by atoms with Crippen molar-refractivity contribution >= 4 is 75.7 Å². The molecule has 2 aromatic rings. The molecule has 0 saturated carbocycles. The summed E-state index contributed by atoms with van der Waals surface area (Å²) in [5.41, 5.74) is 12.6. The molecule has 0 spiro atoms. The number of aromatic hydroxyl groups is 1. The van der Waals surface area contributed by atoms with E-state index in [-0.39, 0.29) is 30.9 Å². The van der Waals surface area contributed by atoms with Crippen molar-refractivity contribution in [3.63, 3.8) is 0 Å². The fourth-order valence-corrected chi connectivity index (χ4v) is 9.02. The van der Waals surface area contributed by atoms with Crippen LogP contribution < -0.4 is 43.4 Å². The van der Waals surface area contributed by atoms with Crippen LogP contribution in [0.1, 0.15) is 52.0 Å². The molecule has 0 radical (unpaired) electrons. The molecule has 344 valence electrons. The lowest BCUT2D eigenvalue weighted by molar-refractivity contribution is -0.143. The van der Waals surface area contributed by atoms with E-state index in [1.165, 1.54) is 19.1 Å². The van der Waals surface area contributed by atoms with E-state index in [2.05, 4.69) is 36.9 Å². The van der Waals surface area contributed by atoms with Gasteiger partial charge in [0, 0.05) is 48.0 Å². The van der Waals surface area contributed by atoms with Crippen LogP contribution in [-0.2, 0) is 49.6 Å². The van der Waals surface area contributed by atoms with Gasteiger partial charge in [-0.3, -0.25) is 43.2 Å². The SMILES string of the molecule is CC[C@H](C)[C@@H]1NC(=O)CNC(=O)[C@H]2CC(=O)[C@H]([C@@H](C)[C@@H](O)CO)NC(=O)[C@@H]3C[C@@H](N)CN3C(=O)[C@H](CC(N)=O)NC(=O)[C@H](CSc3[nH]c4cc(O)ccc4c3C2)NC(=O)CNC1=O. The second-order valence-electron chi connectivity index (χ2n) is 16.4. The molecule has 0 aliphatic carbocycles. The summed E-state index contributed by atoms with van der Waals surface area (Å²) in [4.78, 5) is 128. The molecule has 1 saturated heterocycles. The molecule has 3 aliphatic heterocycles. The summed E-state index contributed by atoms with van der Waals surface area (Å²) in [6.45, 7) is 2.54. The van der Waals surface area contributed by atoms with Gasteiger partial charge in [0.15, 0.2) is 5.78 Å². The number of hydrogen-bond acceptors (Lipinski definition) is 14. The second-order valence-corrected chi connectivity index (χ2v) is 17.4. The summed E-state index contributed by atoms with van der Waals surface area (Å²) in [5.74, 6) is -11.0. The number of aromatic nitrogens is 1. The minimum Gasteiger partial charge on any atom is -0.508 e. The van der Waals surface area contributed by atoms with Crippen LogP contribution >= 0.6 is 11.8 Å². The van der Waals surface area contributed by atoms with Gasteiger partial charge in [0.05, 0.1) is 48.8 Å². The van der Waals surface area contributed by atoms with Crippen molar-refractivity contribution in [2.45, 2.75) is 100 Å². The highest BCUT2D eigenvalue weighted by Crippen LogP contribution is 2.35. The number of carbonyl (C=O) groups is 9. The Morgan fingerprint density at radius 3 is 2.25 bits per heavy atom. The van der Waals surface area contributed by atoms with Gasteiger partial charge in [0.25, 0.3) is 0 Å². The van der Waals surface area contributed by atoms with Gasteiger partial charge in [0.2, 0.25) is 47.3 Å². The third kappa shape index (κ3) is 11.8. The van der Waals surface area contributed by atoms with E-state index in [0.717, 1.165) is 16.7 Å². The number of amides is 8. The van der Waals surface area contributed by atoms with Gasteiger partial charge in [-0.05, 0) is 36.5 Å². The van der Waals surface area contributed by atoms with Gasteiger partial charge >= 0.3 is 0 Å². The number of nitrogens with zero attached hydrogens (tertiary/aromatic N) is 1. The number of benzene rings is 1. The number of aliphatic hydroxyl groups excluding tert-OH is 2. The van der Waals surface area contributed by atoms with Gasteiger partial charge in [-0.15, -0.1) is 11.8 Å². The van der Waals surface area contributed by atoms with Crippen LogP contribution in [0, 0.1) is 17.8 Å². The van der Waals surface area contributed by atoms with Crippen LogP contribution in [0.4, 0.5) is 0 Å². The molecular formula is C40H56N10O12S. The number of fused-ring (bicyclic) bond motifs is 5. The quantitative estimate of drug-likeness (QED) is 0.127. The van der Waals surface area contributed by atoms with Crippen LogP contribution in [0.2, 0.25) is 0 Å². The summed E-state index contributed by atoms with van der Waals surface area (Å²) in [5, 5.41) is 47.1. The van der Waals surface area contributed by atoms with Crippen LogP contribution in [-0.4, -0.2) is 153 Å². The molecule has 22 nitrogen and oxygen atoms in total. The molecule has 1 aromatic carbocycles. The number of phenolic OH excluding ortho intramolecular Hbond substituents is 1. The molecule has 1 aromatic heterocycles. The summed E-state index contributed by atoms with van der Waals surface area (Å²) in [6.07, 6.45) is -2.82. The first-order valence-electron chi connectivity index (χ1n) is 20.7. The maximum Gasteiger partial charge on any atom is 0.246 e. The summed E-state index contributed by atoms with van der Waals surface area (Å²) >= 11 is 0.993. The number of aliphatic hydroxyl groups is 2. The second kappa shape index (κ2) is 21.1. The Morgan fingerprint density at radius 1 is 0.905 bits per heavy atom. The van der Waals surface area contributed by atoms with E-state index < -0.39 is 146 Å². The number of thioether (sulfide) groups is 1. The monoisotopic (exact) mass is 900 g/mol. The Labute approximate surface area is 366 Å². The molecule has 14 N–H and O–H groups in total. The van der Waals surface area contributed by atoms with Gasteiger partial charge < -0.3 is 68.6 Å². The topological polar surface area (TPSA) is 358 Å². The first kappa shape index (κ1) is 48.3. The number of carbonyl (C=O) groups excluding carboxylic acids is 9. The average Bonchev–Trinajstić information content (AvgIpc) is 3.80. The molecule has 23 heteroatoms. The average molecular weight is 901 g/mol. The first-order valence-corrected chi connectivity index (χ1v) is 21.7. The standard InChI is InChI=1S/C40H56N10O12S/c1-4-17(2)33-38(61)44-12-31(56)45-26-16-63-39-23(22-6-5-21(52)10-24(22)47-39)7-19(35(58)43-13-32(57)48-33)8-28(53)34(18(3)29(54)15-51)49-37(60)27-9-20(41)14-50(27)40(62)25(11-30(42)55)46-36(26)59/h5-6,10,17-20,25-27,29,33-34,47,51-52,54H,4,7-9,11-16,41H2,1-3H3,(H2,42,55)(H,43,58)(H,44,61)(H,45,56)(H,46,59)(H,48,57)(H,49,60)/t17-,18-,19+,20+,25-,26-,27-,29-,33-,34-/m0/s1. The fourth-order valence-electron chi connectivity index (χ4n) is 7.91. The fraction of sp³-hybridized carbons (Fsp3) is 0.575. The molecule has 2 bridgehead atoms. The lowest BCUT2D eigenvalue weighted by Crippen LogP contribution is -2.60. The number of nitrogens with one attached hydrogen (secondary N) is 7. The Hall–Kier alpha value is -5.78. The van der Waals surface area contributed by atoms with Crippen molar-refractivity contribution in [3.05, 3.63) is 23.8 Å². The van der Waals surface area contributed by atoms with Crippen molar-refractivity contribution < 1.29 is 58.5 Å². The van der Waals surface area contributed by atoms with E-state index in [4.69, 9.17) is 11.5 Å². The molecule has 5 rings (SSSR count). The predicted octanol–water partition coefficient (Wildman–Crippen LogP) is -3.88. The Kier molecular flexibility index (Phi) is 16.1. The minimum absolute atomic E-state index is 0.123. The molecule has 3 aliphatic rings. The zero-order valence-electron chi connectivity index (χ0n) is 35.1. The number of H-pyrrole nitrogens is 1. The molecule has 10 atom stereocenters. The minimum atomic E-state index is -1.68. The lowest BCUT2D eigenvalue weighted by atomic mass is 9.85. The number of rotatable bonds is 7. The van der Waals surface area contributed by atoms with E-state index in [1.54, 1.807) is 19.9 Å². The molecule has 63 heavy (non-hydrogen) atoms. The van der Waals surface area contributed by atoms with Crippen molar-refractivity contribution in [3.8, 4) is 5.75 Å². The van der Waals surface area contributed by atoms with Crippen LogP contribution in [0.15, 0.2) is 23.2 Å². The van der Waals surface area contributed by atoms with Crippen LogP contribution in [0.5, 0.6) is 5.75 Å². The third-order valence-corrected chi connectivity index (χ3v) is 12.9. The van der Waals surface area contributed by atoms with E-state index in [9.17, 15) is 58.5 Å². The lowest BCUT2D eigenvalue weighted by Gasteiger charge is -2.32. The van der Waals surface area contributed by atoms with Gasteiger partial charge in [-0.1, -0.05) is 27.2 Å². The van der Waals surface area contributed by atoms with Crippen LogP contribution in [0.3, 0.4) is 0 Å². The van der Waals surface area contributed by atoms with Crippen molar-refractivity contribution in [1.29, 1.82) is 0 Å². The highest BCUT2D eigenvalue weighted by atomic mass is 32.2. The maximum atomic E-state index is 14.5. The first-order chi connectivity index (χ1) is 29.8. The van der Waals surface area contributed by atoms with Gasteiger partial charge in [0.1, 0.15) is 29.9 Å². The molecule has 1 fully saturated rings.